The second kappa shape index (κ2) is 8.92. The highest BCUT2D eigenvalue weighted by molar-refractivity contribution is 7.99. The van der Waals surface area contributed by atoms with Crippen molar-refractivity contribution in [2.24, 2.45) is 7.05 Å². The highest BCUT2D eigenvalue weighted by Crippen LogP contribution is 2.23. The van der Waals surface area contributed by atoms with Crippen molar-refractivity contribution in [2.75, 3.05) is 11.1 Å². The number of thioether (sulfide) groups is 1. The molecule has 1 heterocycles. The van der Waals surface area contributed by atoms with E-state index in [0.29, 0.717) is 16.0 Å². The number of rotatable bonds is 7. The summed E-state index contributed by atoms with van der Waals surface area (Å²) in [5.41, 5.74) is 1.73. The highest BCUT2D eigenvalue weighted by atomic mass is 35.5. The van der Waals surface area contributed by atoms with E-state index in [1.165, 1.54) is 11.8 Å². The number of halogens is 1. The van der Waals surface area contributed by atoms with Crippen LogP contribution in [0.3, 0.4) is 0 Å². The van der Waals surface area contributed by atoms with Crippen LogP contribution in [0.15, 0.2) is 53.7 Å². The average Bonchev–Trinajstić information content (AvgIpc) is 3.00. The minimum Gasteiger partial charge on any atom is -0.485 e. The lowest BCUT2D eigenvalue weighted by Gasteiger charge is -2.09. The fourth-order valence-corrected chi connectivity index (χ4v) is 3.32. The molecule has 0 aliphatic heterocycles. The molecule has 1 N–H and O–H groups in total. The number of anilines is 1. The van der Waals surface area contributed by atoms with E-state index in [2.05, 4.69) is 15.5 Å². The summed E-state index contributed by atoms with van der Waals surface area (Å²) in [5, 5.41) is 12.5. The van der Waals surface area contributed by atoms with Crippen molar-refractivity contribution in [2.45, 2.75) is 18.7 Å². The first-order chi connectivity index (χ1) is 13.0. The quantitative estimate of drug-likeness (QED) is 0.603. The van der Waals surface area contributed by atoms with Crippen molar-refractivity contribution in [1.82, 2.24) is 14.8 Å². The van der Waals surface area contributed by atoms with E-state index in [1.807, 2.05) is 61.0 Å². The van der Waals surface area contributed by atoms with Gasteiger partial charge >= 0.3 is 0 Å². The van der Waals surface area contributed by atoms with Crippen LogP contribution in [-0.2, 0) is 18.4 Å². The number of aryl methyl sites for hydroxylation is 1. The van der Waals surface area contributed by atoms with Crippen LogP contribution in [0.1, 0.15) is 11.4 Å². The third-order valence-electron chi connectivity index (χ3n) is 3.81. The Labute approximate surface area is 166 Å². The number of ether oxygens (including phenoxy) is 1. The van der Waals surface area contributed by atoms with Crippen LogP contribution in [0.4, 0.5) is 5.69 Å². The van der Waals surface area contributed by atoms with E-state index in [-0.39, 0.29) is 18.3 Å². The Bertz CT molecular complexity index is 931. The summed E-state index contributed by atoms with van der Waals surface area (Å²) >= 11 is 7.28. The molecule has 0 aliphatic carbocycles. The number of amides is 1. The van der Waals surface area contributed by atoms with Crippen molar-refractivity contribution < 1.29 is 9.53 Å². The Kier molecular flexibility index (Phi) is 6.36. The molecular formula is C19H19ClN4O2S. The third-order valence-corrected chi connectivity index (χ3v) is 5.06. The van der Waals surface area contributed by atoms with Crippen LogP contribution >= 0.6 is 23.4 Å². The summed E-state index contributed by atoms with van der Waals surface area (Å²) in [5.74, 6) is 1.58. The number of nitrogens with zero attached hydrogens (tertiary/aromatic N) is 3. The lowest BCUT2D eigenvalue weighted by molar-refractivity contribution is -0.113. The maximum Gasteiger partial charge on any atom is 0.234 e. The first-order valence-corrected chi connectivity index (χ1v) is 9.64. The van der Waals surface area contributed by atoms with Crippen LogP contribution in [0, 0.1) is 6.92 Å². The molecule has 8 heteroatoms. The number of hydrogen-bond donors (Lipinski definition) is 1. The molecule has 1 amide bonds. The second-order valence-corrected chi connectivity index (χ2v) is 7.24. The molecule has 0 radical (unpaired) electrons. The van der Waals surface area contributed by atoms with Gasteiger partial charge < -0.3 is 14.6 Å². The normalized spacial score (nSPS) is 10.6. The Morgan fingerprint density at radius 2 is 2.00 bits per heavy atom. The lowest BCUT2D eigenvalue weighted by atomic mass is 10.2. The summed E-state index contributed by atoms with van der Waals surface area (Å²) in [6.45, 7) is 2.22. The first kappa shape index (κ1) is 19.3. The largest absolute Gasteiger partial charge is 0.485 e. The monoisotopic (exact) mass is 402 g/mol. The molecule has 0 fully saturated rings. The Morgan fingerprint density at radius 3 is 2.74 bits per heavy atom. The Hall–Kier alpha value is -2.51. The topological polar surface area (TPSA) is 69.0 Å². The predicted molar refractivity (Wildman–Crippen MR) is 107 cm³/mol. The zero-order valence-electron chi connectivity index (χ0n) is 15.0. The average molecular weight is 403 g/mol. The van der Waals surface area contributed by atoms with Gasteiger partial charge in [0.05, 0.1) is 5.75 Å². The summed E-state index contributed by atoms with van der Waals surface area (Å²) < 4.78 is 7.63. The van der Waals surface area contributed by atoms with Gasteiger partial charge in [-0.15, -0.1) is 10.2 Å². The van der Waals surface area contributed by atoms with Crippen LogP contribution in [-0.4, -0.2) is 26.4 Å². The molecule has 2 aromatic carbocycles. The van der Waals surface area contributed by atoms with E-state index in [1.54, 1.807) is 6.07 Å². The number of carbonyl (C=O) groups excluding carboxylic acids is 1. The fourth-order valence-electron chi connectivity index (χ4n) is 2.36. The van der Waals surface area contributed by atoms with Gasteiger partial charge in [-0.3, -0.25) is 4.79 Å². The number of benzene rings is 2. The van der Waals surface area contributed by atoms with Crippen molar-refractivity contribution in [3.8, 4) is 5.75 Å². The smallest absolute Gasteiger partial charge is 0.234 e. The standard InChI is InChI=1S/C19H19ClN4O2S/c1-13-10-14(20)8-9-16(13)26-11-17-22-23-19(24(17)2)27-12-18(25)21-15-6-4-3-5-7-15/h3-10H,11-12H2,1-2H3,(H,21,25). The Morgan fingerprint density at radius 1 is 1.22 bits per heavy atom. The van der Waals surface area contributed by atoms with E-state index in [9.17, 15) is 4.79 Å². The van der Waals surface area contributed by atoms with Gasteiger partial charge in [-0.1, -0.05) is 41.6 Å². The van der Waals surface area contributed by atoms with Crippen LogP contribution < -0.4 is 10.1 Å². The summed E-state index contributed by atoms with van der Waals surface area (Å²) in [4.78, 5) is 12.1. The van der Waals surface area contributed by atoms with E-state index in [0.717, 1.165) is 17.0 Å². The van der Waals surface area contributed by atoms with Gasteiger partial charge in [-0.25, -0.2) is 0 Å². The maximum absolute atomic E-state index is 12.1. The van der Waals surface area contributed by atoms with Gasteiger partial charge in [0.1, 0.15) is 12.4 Å². The molecule has 0 saturated carbocycles. The summed E-state index contributed by atoms with van der Waals surface area (Å²) in [6, 6.07) is 14.8. The van der Waals surface area contributed by atoms with Gasteiger partial charge in [0.25, 0.3) is 0 Å². The maximum atomic E-state index is 12.1. The van der Waals surface area contributed by atoms with Gasteiger partial charge in [-0.05, 0) is 42.8 Å². The van der Waals surface area contributed by atoms with Crippen molar-refractivity contribution in [3.63, 3.8) is 0 Å². The molecule has 0 atom stereocenters. The number of nitrogens with one attached hydrogen (secondary N) is 1. The van der Waals surface area contributed by atoms with E-state index in [4.69, 9.17) is 16.3 Å². The lowest BCUT2D eigenvalue weighted by Crippen LogP contribution is -2.14. The zero-order chi connectivity index (χ0) is 19.2. The fraction of sp³-hybridized carbons (Fsp3) is 0.211. The summed E-state index contributed by atoms with van der Waals surface area (Å²) in [7, 11) is 1.85. The van der Waals surface area contributed by atoms with Gasteiger partial charge in [0, 0.05) is 17.8 Å². The highest BCUT2D eigenvalue weighted by Gasteiger charge is 2.12. The molecule has 0 saturated heterocycles. The SMILES string of the molecule is Cc1cc(Cl)ccc1OCc1nnc(SCC(=O)Nc2ccccc2)n1C. The minimum absolute atomic E-state index is 0.0937. The molecule has 0 aliphatic rings. The number of aromatic nitrogens is 3. The van der Waals surface area contributed by atoms with Crippen molar-refractivity contribution in [1.29, 1.82) is 0 Å². The first-order valence-electron chi connectivity index (χ1n) is 8.28. The molecule has 3 rings (SSSR count). The van der Waals surface area contributed by atoms with Crippen LogP contribution in [0.5, 0.6) is 5.75 Å². The summed E-state index contributed by atoms with van der Waals surface area (Å²) in [6.07, 6.45) is 0. The van der Waals surface area contributed by atoms with Gasteiger partial charge in [0.15, 0.2) is 11.0 Å². The second-order valence-electron chi connectivity index (χ2n) is 5.86. The van der Waals surface area contributed by atoms with E-state index >= 15 is 0 Å². The molecule has 1 aromatic heterocycles. The molecule has 0 spiro atoms. The zero-order valence-corrected chi connectivity index (χ0v) is 16.5. The molecule has 0 unspecified atom stereocenters. The van der Waals surface area contributed by atoms with E-state index < -0.39 is 0 Å². The molecule has 6 nitrogen and oxygen atoms in total. The molecule has 0 bridgehead atoms. The molecule has 3 aromatic rings. The predicted octanol–water partition coefficient (Wildman–Crippen LogP) is 4.09. The van der Waals surface area contributed by atoms with Crippen molar-refractivity contribution >= 4 is 35.0 Å². The Balaban J connectivity index is 1.54. The van der Waals surface area contributed by atoms with Gasteiger partial charge in [-0.2, -0.15) is 0 Å². The molecular weight excluding hydrogens is 384 g/mol. The minimum atomic E-state index is -0.0937. The third kappa shape index (κ3) is 5.24. The van der Waals surface area contributed by atoms with Gasteiger partial charge in [0.2, 0.25) is 5.91 Å². The molecule has 27 heavy (non-hydrogen) atoms. The number of carbonyl (C=O) groups is 1. The number of hydrogen-bond acceptors (Lipinski definition) is 5. The molecule has 140 valence electrons. The number of para-hydroxylation sites is 1. The van der Waals surface area contributed by atoms with Crippen molar-refractivity contribution in [3.05, 3.63) is 64.9 Å². The van der Waals surface area contributed by atoms with Crippen LogP contribution in [0.25, 0.3) is 0 Å². The van der Waals surface area contributed by atoms with Crippen LogP contribution in [0.2, 0.25) is 5.02 Å².